The number of carbonyl (C=O) groups is 1. The van der Waals surface area contributed by atoms with Crippen LogP contribution in [0.3, 0.4) is 0 Å². The van der Waals surface area contributed by atoms with Gasteiger partial charge in [-0.1, -0.05) is 18.0 Å². The number of amides is 1. The molecule has 2 saturated heterocycles. The zero-order valence-corrected chi connectivity index (χ0v) is 20.4. The van der Waals surface area contributed by atoms with Crippen LogP contribution in [0, 0.1) is 5.92 Å². The molecule has 2 aromatic heterocycles. The van der Waals surface area contributed by atoms with Gasteiger partial charge in [0.05, 0.1) is 0 Å². The lowest BCUT2D eigenvalue weighted by molar-refractivity contribution is -0.125. The molecule has 9 heteroatoms. The molecule has 0 radical (unpaired) electrons. The summed E-state index contributed by atoms with van der Waals surface area (Å²) >= 11 is 6.03. The van der Waals surface area contributed by atoms with Crippen molar-refractivity contribution in [1.29, 1.82) is 0 Å². The number of hydrogen-bond acceptors (Lipinski definition) is 6. The summed E-state index contributed by atoms with van der Waals surface area (Å²) in [5, 5.41) is 17.2. The topological polar surface area (TPSA) is 78.7 Å². The van der Waals surface area contributed by atoms with Gasteiger partial charge >= 0.3 is 0 Å². The van der Waals surface area contributed by atoms with E-state index in [1.807, 2.05) is 36.4 Å². The number of aromatic nitrogens is 4. The van der Waals surface area contributed by atoms with Crippen molar-refractivity contribution in [3.63, 3.8) is 0 Å². The SMILES string of the molecule is C[C@H]1CCCCN1CCNC(=O)C1CCN(c2ccc3nnc(-c4ccc(Cl)cc4)n3n2)CC1. The van der Waals surface area contributed by atoms with Crippen molar-refractivity contribution >= 4 is 29.0 Å². The van der Waals surface area contributed by atoms with E-state index in [0.717, 1.165) is 56.9 Å². The average molecular weight is 482 g/mol. The minimum Gasteiger partial charge on any atom is -0.355 e. The molecule has 4 heterocycles. The molecule has 2 aliphatic heterocycles. The molecule has 2 fully saturated rings. The molecule has 2 aliphatic rings. The quantitative estimate of drug-likeness (QED) is 0.579. The maximum atomic E-state index is 12.7. The van der Waals surface area contributed by atoms with Crippen LogP contribution in [0.4, 0.5) is 5.82 Å². The van der Waals surface area contributed by atoms with E-state index in [9.17, 15) is 4.79 Å². The number of nitrogens with zero attached hydrogens (tertiary/aromatic N) is 6. The Morgan fingerprint density at radius 3 is 2.59 bits per heavy atom. The molecule has 1 aromatic carbocycles. The molecule has 0 unspecified atom stereocenters. The maximum Gasteiger partial charge on any atom is 0.223 e. The van der Waals surface area contributed by atoms with Crippen LogP contribution in [0.25, 0.3) is 17.0 Å². The molecule has 3 aromatic rings. The first kappa shape index (κ1) is 23.1. The predicted octanol–water partition coefficient (Wildman–Crippen LogP) is 3.65. The first-order chi connectivity index (χ1) is 16.6. The molecule has 0 aliphatic carbocycles. The van der Waals surface area contributed by atoms with Gasteiger partial charge in [0, 0.05) is 48.7 Å². The number of benzene rings is 1. The van der Waals surface area contributed by atoms with Crippen LogP contribution in [0.15, 0.2) is 36.4 Å². The third-order valence-electron chi connectivity index (χ3n) is 7.18. The summed E-state index contributed by atoms with van der Waals surface area (Å²) in [7, 11) is 0. The molecule has 1 amide bonds. The Morgan fingerprint density at radius 2 is 1.82 bits per heavy atom. The summed E-state index contributed by atoms with van der Waals surface area (Å²) in [6, 6.07) is 12.1. The zero-order chi connectivity index (χ0) is 23.5. The molecule has 8 nitrogen and oxygen atoms in total. The van der Waals surface area contributed by atoms with Gasteiger partial charge in [0.25, 0.3) is 0 Å². The molecule has 34 heavy (non-hydrogen) atoms. The summed E-state index contributed by atoms with van der Waals surface area (Å²) in [6.45, 7) is 6.74. The van der Waals surface area contributed by atoms with Gasteiger partial charge < -0.3 is 10.2 Å². The summed E-state index contributed by atoms with van der Waals surface area (Å²) < 4.78 is 1.78. The van der Waals surface area contributed by atoms with E-state index < -0.39 is 0 Å². The van der Waals surface area contributed by atoms with Crippen molar-refractivity contribution in [3.8, 4) is 11.4 Å². The predicted molar refractivity (Wildman–Crippen MR) is 134 cm³/mol. The van der Waals surface area contributed by atoms with E-state index in [-0.39, 0.29) is 11.8 Å². The number of anilines is 1. The Labute approximate surface area is 205 Å². The van der Waals surface area contributed by atoms with Crippen LogP contribution < -0.4 is 10.2 Å². The third-order valence-corrected chi connectivity index (χ3v) is 7.43. The van der Waals surface area contributed by atoms with Crippen molar-refractivity contribution < 1.29 is 4.79 Å². The van der Waals surface area contributed by atoms with E-state index >= 15 is 0 Å². The molecule has 1 atom stereocenters. The molecule has 0 bridgehead atoms. The first-order valence-electron chi connectivity index (χ1n) is 12.3. The summed E-state index contributed by atoms with van der Waals surface area (Å²) in [5.41, 5.74) is 1.61. The molecule has 180 valence electrons. The van der Waals surface area contributed by atoms with Gasteiger partial charge in [-0.25, -0.2) is 0 Å². The Hall–Kier alpha value is -2.71. The molecular weight excluding hydrogens is 450 g/mol. The van der Waals surface area contributed by atoms with Crippen LogP contribution >= 0.6 is 11.6 Å². The summed E-state index contributed by atoms with van der Waals surface area (Å²) in [5.74, 6) is 1.82. The third kappa shape index (κ3) is 5.03. The Bertz CT molecular complexity index is 1120. The number of halogens is 1. The lowest BCUT2D eigenvalue weighted by Crippen LogP contribution is -2.45. The van der Waals surface area contributed by atoms with Crippen LogP contribution in [-0.4, -0.2) is 69.4 Å². The number of carbonyl (C=O) groups excluding carboxylic acids is 1. The van der Waals surface area contributed by atoms with Crippen molar-refractivity contribution in [1.82, 2.24) is 30.0 Å². The first-order valence-corrected chi connectivity index (χ1v) is 12.7. The number of piperidine rings is 2. The molecule has 0 spiro atoms. The van der Waals surface area contributed by atoms with Crippen LogP contribution in [0.1, 0.15) is 39.0 Å². The Balaban J connectivity index is 1.17. The highest BCUT2D eigenvalue weighted by atomic mass is 35.5. The van der Waals surface area contributed by atoms with Gasteiger partial charge in [0.15, 0.2) is 11.5 Å². The number of fused-ring (bicyclic) bond motifs is 1. The lowest BCUT2D eigenvalue weighted by Gasteiger charge is -2.34. The van der Waals surface area contributed by atoms with Crippen molar-refractivity contribution in [3.05, 3.63) is 41.4 Å². The van der Waals surface area contributed by atoms with E-state index in [1.165, 1.54) is 19.3 Å². The second kappa shape index (κ2) is 10.3. The smallest absolute Gasteiger partial charge is 0.223 e. The van der Waals surface area contributed by atoms with Crippen molar-refractivity contribution in [2.75, 3.05) is 37.6 Å². The van der Waals surface area contributed by atoms with Crippen LogP contribution in [0.2, 0.25) is 5.02 Å². The minimum atomic E-state index is 0.0679. The highest BCUT2D eigenvalue weighted by Crippen LogP contribution is 2.25. The van der Waals surface area contributed by atoms with Crippen LogP contribution in [0.5, 0.6) is 0 Å². The van der Waals surface area contributed by atoms with Gasteiger partial charge in [0.1, 0.15) is 5.82 Å². The van der Waals surface area contributed by atoms with E-state index in [0.29, 0.717) is 22.5 Å². The molecule has 5 rings (SSSR count). The highest BCUT2D eigenvalue weighted by Gasteiger charge is 2.26. The monoisotopic (exact) mass is 481 g/mol. The zero-order valence-electron chi connectivity index (χ0n) is 19.7. The van der Waals surface area contributed by atoms with Crippen molar-refractivity contribution in [2.24, 2.45) is 5.92 Å². The summed E-state index contributed by atoms with van der Waals surface area (Å²) in [6.07, 6.45) is 5.52. The normalized spacial score (nSPS) is 20.1. The van der Waals surface area contributed by atoms with E-state index in [1.54, 1.807) is 4.52 Å². The fourth-order valence-electron chi connectivity index (χ4n) is 5.05. The van der Waals surface area contributed by atoms with Gasteiger partial charge in [-0.3, -0.25) is 9.69 Å². The van der Waals surface area contributed by atoms with E-state index in [4.69, 9.17) is 16.7 Å². The standard InChI is InChI=1S/C25H32ClN7O/c1-18-4-2-3-14-31(18)17-13-27-25(34)20-11-15-32(16-12-20)23-10-9-22-28-29-24(33(22)30-23)19-5-7-21(26)8-6-19/h5-10,18,20H,2-4,11-17H2,1H3,(H,27,34)/t18-/m0/s1. The fourth-order valence-corrected chi connectivity index (χ4v) is 5.18. The van der Waals surface area contributed by atoms with E-state index in [2.05, 4.69) is 32.2 Å². The fraction of sp³-hybridized carbons (Fsp3) is 0.520. The average Bonchev–Trinajstić information content (AvgIpc) is 3.29. The number of hydrogen-bond donors (Lipinski definition) is 1. The van der Waals surface area contributed by atoms with Crippen molar-refractivity contribution in [2.45, 2.75) is 45.1 Å². The van der Waals surface area contributed by atoms with Gasteiger partial charge in [-0.2, -0.15) is 4.52 Å². The van der Waals surface area contributed by atoms with Gasteiger partial charge in [-0.15, -0.1) is 15.3 Å². The molecular formula is C25H32ClN7O. The Morgan fingerprint density at radius 1 is 1.03 bits per heavy atom. The molecule has 0 saturated carbocycles. The Kier molecular flexibility index (Phi) is 6.97. The van der Waals surface area contributed by atoms with Gasteiger partial charge in [-0.05, 0) is 75.5 Å². The molecule has 1 N–H and O–H groups in total. The summed E-state index contributed by atoms with van der Waals surface area (Å²) in [4.78, 5) is 17.5. The second-order valence-corrected chi connectivity index (χ2v) is 9.86. The number of nitrogens with one attached hydrogen (secondary N) is 1. The lowest BCUT2D eigenvalue weighted by atomic mass is 9.96. The van der Waals surface area contributed by atoms with Gasteiger partial charge in [0.2, 0.25) is 5.91 Å². The second-order valence-electron chi connectivity index (χ2n) is 9.43. The van der Waals surface area contributed by atoms with Crippen LogP contribution in [-0.2, 0) is 4.79 Å². The largest absolute Gasteiger partial charge is 0.355 e. The number of likely N-dealkylation sites (tertiary alicyclic amines) is 1. The maximum absolute atomic E-state index is 12.7. The highest BCUT2D eigenvalue weighted by molar-refractivity contribution is 6.30. The number of rotatable bonds is 6. The minimum absolute atomic E-state index is 0.0679.